The zero-order valence-corrected chi connectivity index (χ0v) is 31.4. The maximum atomic E-state index is 14.7. The Morgan fingerprint density at radius 1 is 0.483 bits per heavy atom. The quantitative estimate of drug-likeness (QED) is 0.0317. The summed E-state index contributed by atoms with van der Waals surface area (Å²) in [5, 5.41) is 0. The third-order valence-corrected chi connectivity index (χ3v) is 7.94. The summed E-state index contributed by atoms with van der Waals surface area (Å²) >= 11 is 0. The predicted molar refractivity (Wildman–Crippen MR) is 190 cm³/mol. The second-order valence-corrected chi connectivity index (χ2v) is 12.5. The van der Waals surface area contributed by atoms with Crippen molar-refractivity contribution in [3.05, 3.63) is 107 Å². The minimum absolute atomic E-state index is 0.0313. The van der Waals surface area contributed by atoms with Crippen LogP contribution in [0.5, 0.6) is 23.0 Å². The van der Waals surface area contributed by atoms with E-state index in [1.165, 1.54) is 0 Å². The molecule has 3 aromatic rings. The zero-order chi connectivity index (χ0) is 44.6. The van der Waals surface area contributed by atoms with Crippen LogP contribution in [-0.2, 0) is 31.4 Å². The molecule has 0 aromatic heterocycles. The number of carbonyl (C=O) groups is 4. The summed E-state index contributed by atoms with van der Waals surface area (Å²) < 4.78 is 169. The molecule has 0 saturated heterocycles. The maximum Gasteiger partial charge on any atom is 0.420 e. The number of rotatable bonds is 22. The van der Waals surface area contributed by atoms with Crippen LogP contribution in [0.4, 0.5) is 43.9 Å². The number of carbonyl (C=O) groups excluding carboxylic acids is 4. The van der Waals surface area contributed by atoms with Gasteiger partial charge >= 0.3 is 36.2 Å². The van der Waals surface area contributed by atoms with Crippen LogP contribution < -0.4 is 18.9 Å². The second-order valence-electron chi connectivity index (χ2n) is 12.5. The minimum atomic E-state index is -5.87. The first kappa shape index (κ1) is 48.3. The average Bonchev–Trinajstić information content (AvgIpc) is 3.16. The monoisotopic (exact) mass is 866 g/mol. The third kappa shape index (κ3) is 14.9. The molecule has 0 aliphatic rings. The SMILES string of the molecule is C=C(F)C(=O)OCCCCCCOc1ccc(C(=O)Oc2ccc(OC(=O)c3ccc(OCCCCCCOC(=O)C(=C)F)c(F)c3)c(C(F)(F)F)c2C(F)(F)F)cc1F. The molecule has 3 aromatic carbocycles. The van der Waals surface area contributed by atoms with Gasteiger partial charge in [0.2, 0.25) is 11.7 Å². The van der Waals surface area contributed by atoms with E-state index in [2.05, 4.69) is 32.1 Å². The van der Waals surface area contributed by atoms with Gasteiger partial charge in [-0.15, -0.1) is 0 Å². The van der Waals surface area contributed by atoms with E-state index in [0.717, 1.165) is 24.3 Å². The Balaban J connectivity index is 1.65. The molecule has 10 nitrogen and oxygen atoms in total. The highest BCUT2D eigenvalue weighted by Gasteiger charge is 2.49. The lowest BCUT2D eigenvalue weighted by Crippen LogP contribution is -2.22. The molecule has 0 heterocycles. The van der Waals surface area contributed by atoms with E-state index in [1.54, 1.807) is 0 Å². The van der Waals surface area contributed by atoms with E-state index in [-0.39, 0.29) is 50.1 Å². The molecule has 0 N–H and O–H groups in total. The summed E-state index contributed by atoms with van der Waals surface area (Å²) in [6.45, 7) is 5.43. The standard InChI is InChI=1S/C40H36F10O10/c1-23(41)35(51)57-19-9-5-3-7-17-55-29-13-11-25(21-27(29)43)37(53)59-31-15-16-32(34(40(48,49)50)33(31)39(45,46)47)60-38(54)26-12-14-30(28(44)22-26)56-18-8-4-6-10-20-58-36(52)24(2)42/h11-16,21-22H,1-10,17-20H2. The fourth-order valence-electron chi connectivity index (χ4n) is 5.07. The molecule has 0 aliphatic carbocycles. The Morgan fingerprint density at radius 2 is 0.800 bits per heavy atom. The van der Waals surface area contributed by atoms with Gasteiger partial charge in [0.05, 0.1) is 37.6 Å². The Hall–Kier alpha value is -6.08. The Morgan fingerprint density at radius 3 is 1.10 bits per heavy atom. The lowest BCUT2D eigenvalue weighted by molar-refractivity contribution is -0.163. The molecular weight excluding hydrogens is 830 g/mol. The largest absolute Gasteiger partial charge is 0.491 e. The number of alkyl halides is 6. The van der Waals surface area contributed by atoms with Gasteiger partial charge < -0.3 is 28.4 Å². The summed E-state index contributed by atoms with van der Waals surface area (Å²) in [5.74, 6) is -14.6. The van der Waals surface area contributed by atoms with Gasteiger partial charge in [-0.1, -0.05) is 13.2 Å². The third-order valence-electron chi connectivity index (χ3n) is 7.94. The van der Waals surface area contributed by atoms with Crippen molar-refractivity contribution in [1.29, 1.82) is 0 Å². The number of hydrogen-bond acceptors (Lipinski definition) is 10. The Bertz CT molecular complexity index is 1890. The minimum Gasteiger partial charge on any atom is -0.491 e. The summed E-state index contributed by atoms with van der Waals surface area (Å²) in [7, 11) is 0. The first-order chi connectivity index (χ1) is 28.2. The van der Waals surface area contributed by atoms with Crippen LogP contribution in [0.3, 0.4) is 0 Å². The van der Waals surface area contributed by atoms with Gasteiger partial charge in [-0.2, -0.15) is 35.1 Å². The van der Waals surface area contributed by atoms with Crippen molar-refractivity contribution in [3.63, 3.8) is 0 Å². The number of benzene rings is 3. The van der Waals surface area contributed by atoms with Crippen molar-refractivity contribution in [2.75, 3.05) is 26.4 Å². The summed E-state index contributed by atoms with van der Waals surface area (Å²) in [5.41, 5.74) is -6.53. The van der Waals surface area contributed by atoms with E-state index in [0.29, 0.717) is 63.5 Å². The van der Waals surface area contributed by atoms with Gasteiger partial charge in [0.15, 0.2) is 23.1 Å². The van der Waals surface area contributed by atoms with Crippen LogP contribution in [0.2, 0.25) is 0 Å². The second kappa shape index (κ2) is 22.3. The van der Waals surface area contributed by atoms with E-state index in [9.17, 15) is 63.1 Å². The highest BCUT2D eigenvalue weighted by Crippen LogP contribution is 2.49. The molecule has 0 bridgehead atoms. The van der Waals surface area contributed by atoms with Crippen LogP contribution in [0.1, 0.15) is 83.2 Å². The van der Waals surface area contributed by atoms with Gasteiger partial charge in [0, 0.05) is 0 Å². The van der Waals surface area contributed by atoms with Crippen molar-refractivity contribution in [3.8, 4) is 23.0 Å². The van der Waals surface area contributed by atoms with E-state index in [1.807, 2.05) is 0 Å². The number of esters is 4. The van der Waals surface area contributed by atoms with Gasteiger partial charge in [0.25, 0.3) is 0 Å². The summed E-state index contributed by atoms with van der Waals surface area (Å²) in [4.78, 5) is 47.5. The number of hydrogen-bond donors (Lipinski definition) is 0. The van der Waals surface area contributed by atoms with Crippen molar-refractivity contribution in [1.82, 2.24) is 0 Å². The van der Waals surface area contributed by atoms with Gasteiger partial charge in [-0.05, 0) is 99.9 Å². The molecule has 60 heavy (non-hydrogen) atoms. The van der Waals surface area contributed by atoms with Gasteiger partial charge in [-0.3, -0.25) is 0 Å². The highest BCUT2D eigenvalue weighted by molar-refractivity contribution is 5.92. The number of unbranched alkanes of at least 4 members (excludes halogenated alkanes) is 6. The van der Waals surface area contributed by atoms with Gasteiger partial charge in [-0.25, -0.2) is 28.0 Å². The molecule has 3 rings (SSSR count). The lowest BCUT2D eigenvalue weighted by Gasteiger charge is -2.21. The lowest BCUT2D eigenvalue weighted by atomic mass is 10.0. The van der Waals surface area contributed by atoms with E-state index >= 15 is 0 Å². The molecule has 20 heteroatoms. The maximum absolute atomic E-state index is 14.7. The summed E-state index contributed by atoms with van der Waals surface area (Å²) in [6.07, 6.45) is -8.08. The van der Waals surface area contributed by atoms with Crippen molar-refractivity contribution in [2.24, 2.45) is 0 Å². The molecule has 0 amide bonds. The average molecular weight is 867 g/mol. The van der Waals surface area contributed by atoms with Crippen LogP contribution in [0.25, 0.3) is 0 Å². The molecule has 0 saturated carbocycles. The molecular formula is C40H36F10O10. The van der Waals surface area contributed by atoms with Gasteiger partial charge in [0.1, 0.15) is 22.6 Å². The van der Waals surface area contributed by atoms with Crippen molar-refractivity contribution >= 4 is 23.9 Å². The molecule has 0 aliphatic heterocycles. The molecule has 0 fully saturated rings. The molecule has 0 spiro atoms. The fraction of sp³-hybridized carbons (Fsp3) is 0.350. The summed E-state index contributed by atoms with van der Waals surface area (Å²) in [6, 6.07) is 5.25. The van der Waals surface area contributed by atoms with Crippen LogP contribution in [-0.4, -0.2) is 50.3 Å². The number of ether oxygens (including phenoxy) is 6. The van der Waals surface area contributed by atoms with E-state index < -0.39 is 93.3 Å². The molecule has 0 unspecified atom stereocenters. The smallest absolute Gasteiger partial charge is 0.420 e. The molecule has 0 atom stereocenters. The van der Waals surface area contributed by atoms with E-state index in [4.69, 9.17) is 9.47 Å². The molecule has 0 radical (unpaired) electrons. The normalized spacial score (nSPS) is 11.4. The Labute approximate surface area is 335 Å². The van der Waals surface area contributed by atoms with Crippen LogP contribution in [0.15, 0.2) is 73.3 Å². The van der Waals surface area contributed by atoms with Crippen LogP contribution >= 0.6 is 0 Å². The highest BCUT2D eigenvalue weighted by atomic mass is 19.4. The van der Waals surface area contributed by atoms with Crippen molar-refractivity contribution < 1.29 is 91.5 Å². The zero-order valence-electron chi connectivity index (χ0n) is 31.4. The first-order valence-electron chi connectivity index (χ1n) is 17.8. The Kier molecular flexibility index (Phi) is 18.0. The number of halogens is 10. The first-order valence-corrected chi connectivity index (χ1v) is 17.8. The fourth-order valence-corrected chi connectivity index (χ4v) is 5.07. The van der Waals surface area contributed by atoms with Crippen molar-refractivity contribution in [2.45, 2.75) is 63.7 Å². The molecule has 326 valence electrons. The van der Waals surface area contributed by atoms with Crippen LogP contribution in [0, 0.1) is 11.6 Å². The predicted octanol–water partition coefficient (Wildman–Crippen LogP) is 10.4. The topological polar surface area (TPSA) is 124 Å².